The molecule has 0 bridgehead atoms. The second-order valence-corrected chi connectivity index (χ2v) is 5.45. The Morgan fingerprint density at radius 2 is 1.73 bits per heavy atom. The van der Waals surface area contributed by atoms with Crippen LogP contribution in [-0.2, 0) is 4.79 Å². The molecule has 0 aliphatic rings. The number of ether oxygens (including phenoxy) is 1. The van der Waals surface area contributed by atoms with Crippen LogP contribution in [0.25, 0.3) is 10.8 Å². The number of carboxylic acids is 1. The number of carbonyl (C=O) groups excluding carboxylic acids is 1. The molecule has 0 aromatic heterocycles. The first-order valence-corrected chi connectivity index (χ1v) is 7.90. The number of nitrogens with one attached hydrogen (secondary N) is 1. The van der Waals surface area contributed by atoms with Gasteiger partial charge in [0.1, 0.15) is 5.75 Å². The number of carbonyl (C=O) groups is 2. The lowest BCUT2D eigenvalue weighted by atomic mass is 10.1. The number of benzene rings is 3. The monoisotopic (exact) mass is 348 g/mol. The first kappa shape index (κ1) is 17.2. The smallest absolute Gasteiger partial charge is 0.336 e. The summed E-state index contributed by atoms with van der Waals surface area (Å²) in [4.78, 5) is 23.0. The van der Waals surface area contributed by atoms with E-state index in [0.717, 1.165) is 10.8 Å². The van der Waals surface area contributed by atoms with E-state index in [1.165, 1.54) is 12.3 Å². The number of amides is 1. The number of fused-ring (bicyclic) bond motifs is 1. The van der Waals surface area contributed by atoms with Crippen LogP contribution in [0.15, 0.2) is 71.8 Å². The van der Waals surface area contributed by atoms with Gasteiger partial charge in [0.05, 0.1) is 11.8 Å². The number of hydrogen-bond acceptors (Lipinski definition) is 4. The molecular weight excluding hydrogens is 332 g/mol. The third-order valence-electron chi connectivity index (χ3n) is 3.69. The van der Waals surface area contributed by atoms with Crippen LogP contribution in [0.5, 0.6) is 5.75 Å². The molecule has 0 unspecified atom stereocenters. The number of carboxylic acid groups (broad SMARTS) is 1. The summed E-state index contributed by atoms with van der Waals surface area (Å²) in [5.41, 5.74) is 2.84. The van der Waals surface area contributed by atoms with Gasteiger partial charge in [0, 0.05) is 10.9 Å². The van der Waals surface area contributed by atoms with Gasteiger partial charge in [-0.2, -0.15) is 5.10 Å². The zero-order valence-corrected chi connectivity index (χ0v) is 13.8. The van der Waals surface area contributed by atoms with Gasteiger partial charge in [0.25, 0.3) is 5.91 Å². The molecule has 26 heavy (non-hydrogen) atoms. The zero-order chi connectivity index (χ0) is 18.4. The maximum absolute atomic E-state index is 11.9. The second-order valence-electron chi connectivity index (χ2n) is 5.45. The first-order chi connectivity index (χ1) is 12.6. The zero-order valence-electron chi connectivity index (χ0n) is 13.8. The van der Waals surface area contributed by atoms with Gasteiger partial charge in [0.15, 0.2) is 6.61 Å². The molecule has 0 aliphatic heterocycles. The van der Waals surface area contributed by atoms with E-state index in [9.17, 15) is 9.59 Å². The number of rotatable bonds is 6. The molecule has 0 radical (unpaired) electrons. The molecule has 3 aromatic carbocycles. The van der Waals surface area contributed by atoms with Gasteiger partial charge in [-0.25, -0.2) is 10.2 Å². The highest BCUT2D eigenvalue weighted by atomic mass is 16.5. The molecule has 0 aliphatic carbocycles. The molecule has 2 N–H and O–H groups in total. The van der Waals surface area contributed by atoms with Crippen molar-refractivity contribution in [3.05, 3.63) is 77.9 Å². The van der Waals surface area contributed by atoms with Gasteiger partial charge in [-0.3, -0.25) is 4.79 Å². The average Bonchev–Trinajstić information content (AvgIpc) is 2.66. The van der Waals surface area contributed by atoms with Crippen LogP contribution < -0.4 is 10.2 Å². The topological polar surface area (TPSA) is 88.0 Å². The molecule has 0 atom stereocenters. The fourth-order valence-electron chi connectivity index (χ4n) is 2.48. The van der Waals surface area contributed by atoms with Crippen LogP contribution in [-0.4, -0.2) is 29.8 Å². The van der Waals surface area contributed by atoms with Crippen LogP contribution in [0.1, 0.15) is 15.9 Å². The Morgan fingerprint density at radius 3 is 2.58 bits per heavy atom. The Balaban J connectivity index is 1.60. The van der Waals surface area contributed by atoms with Gasteiger partial charge in [-0.15, -0.1) is 0 Å². The van der Waals surface area contributed by atoms with E-state index in [2.05, 4.69) is 10.5 Å². The molecule has 0 saturated carbocycles. The van der Waals surface area contributed by atoms with Gasteiger partial charge >= 0.3 is 5.97 Å². The quantitative estimate of drug-likeness (QED) is 0.529. The number of hydrogen-bond donors (Lipinski definition) is 2. The van der Waals surface area contributed by atoms with Crippen molar-refractivity contribution in [2.75, 3.05) is 6.61 Å². The lowest BCUT2D eigenvalue weighted by Gasteiger charge is -2.08. The van der Waals surface area contributed by atoms with Crippen molar-refractivity contribution >= 4 is 28.9 Å². The van der Waals surface area contributed by atoms with Gasteiger partial charge < -0.3 is 9.84 Å². The summed E-state index contributed by atoms with van der Waals surface area (Å²) in [6, 6.07) is 19.7. The first-order valence-electron chi connectivity index (χ1n) is 7.90. The average molecular weight is 348 g/mol. The van der Waals surface area contributed by atoms with Crippen molar-refractivity contribution in [3.8, 4) is 5.75 Å². The molecular formula is C20H16N2O4. The van der Waals surface area contributed by atoms with E-state index in [0.29, 0.717) is 11.3 Å². The summed E-state index contributed by atoms with van der Waals surface area (Å²) in [5.74, 6) is -0.891. The highest BCUT2D eigenvalue weighted by Crippen LogP contribution is 2.24. The lowest BCUT2D eigenvalue weighted by Crippen LogP contribution is -2.24. The van der Waals surface area contributed by atoms with E-state index in [-0.39, 0.29) is 12.2 Å². The normalized spacial score (nSPS) is 10.8. The van der Waals surface area contributed by atoms with Crippen LogP contribution in [0.4, 0.5) is 0 Å². The largest absolute Gasteiger partial charge is 0.483 e. The fourth-order valence-corrected chi connectivity index (χ4v) is 2.48. The van der Waals surface area contributed by atoms with E-state index in [1.807, 2.05) is 36.4 Å². The van der Waals surface area contributed by atoms with Gasteiger partial charge in [-0.05, 0) is 17.5 Å². The molecule has 0 saturated heterocycles. The van der Waals surface area contributed by atoms with Crippen molar-refractivity contribution in [3.63, 3.8) is 0 Å². The number of hydrazone groups is 1. The maximum atomic E-state index is 11.9. The Morgan fingerprint density at radius 1 is 1.00 bits per heavy atom. The molecule has 0 fully saturated rings. The second kappa shape index (κ2) is 7.94. The summed E-state index contributed by atoms with van der Waals surface area (Å²) in [6.07, 6.45) is 1.29. The van der Waals surface area contributed by atoms with Crippen molar-refractivity contribution < 1.29 is 19.4 Å². The Kier molecular flexibility index (Phi) is 5.24. The maximum Gasteiger partial charge on any atom is 0.336 e. The van der Waals surface area contributed by atoms with E-state index < -0.39 is 11.9 Å². The van der Waals surface area contributed by atoms with Crippen molar-refractivity contribution in [1.29, 1.82) is 0 Å². The van der Waals surface area contributed by atoms with E-state index in [1.54, 1.807) is 24.3 Å². The van der Waals surface area contributed by atoms with Crippen molar-refractivity contribution in [1.82, 2.24) is 5.43 Å². The summed E-state index contributed by atoms with van der Waals surface area (Å²) < 4.78 is 5.57. The van der Waals surface area contributed by atoms with Crippen LogP contribution in [0, 0.1) is 0 Å². The summed E-state index contributed by atoms with van der Waals surface area (Å²) in [6.45, 7) is -0.202. The number of aromatic carboxylic acids is 1. The summed E-state index contributed by atoms with van der Waals surface area (Å²) in [7, 11) is 0. The molecule has 6 heteroatoms. The van der Waals surface area contributed by atoms with Gasteiger partial charge in [-0.1, -0.05) is 54.6 Å². The predicted octanol–water partition coefficient (Wildman–Crippen LogP) is 3.07. The third-order valence-corrected chi connectivity index (χ3v) is 3.69. The van der Waals surface area contributed by atoms with Crippen molar-refractivity contribution in [2.24, 2.45) is 5.10 Å². The molecule has 6 nitrogen and oxygen atoms in total. The van der Waals surface area contributed by atoms with Crippen molar-refractivity contribution in [2.45, 2.75) is 0 Å². The molecule has 0 heterocycles. The van der Waals surface area contributed by atoms with E-state index in [4.69, 9.17) is 9.84 Å². The highest BCUT2D eigenvalue weighted by Gasteiger charge is 2.07. The standard InChI is InChI=1S/C20H16N2O4/c23-19(22-21-12-15-7-2-4-10-17(15)20(24)25)13-26-18-11-5-8-14-6-1-3-9-16(14)18/h1-12H,13H2,(H,22,23)(H,24,25)/b21-12+. The summed E-state index contributed by atoms with van der Waals surface area (Å²) in [5, 5.41) is 14.8. The molecule has 3 rings (SSSR count). The predicted molar refractivity (Wildman–Crippen MR) is 98.6 cm³/mol. The highest BCUT2D eigenvalue weighted by molar-refractivity contribution is 5.98. The summed E-state index contributed by atoms with van der Waals surface area (Å²) >= 11 is 0. The minimum absolute atomic E-state index is 0.109. The fraction of sp³-hybridized carbons (Fsp3) is 0.0500. The molecule has 0 spiro atoms. The molecule has 1 amide bonds. The Bertz CT molecular complexity index is 977. The Labute approximate surface area is 149 Å². The van der Waals surface area contributed by atoms with Crippen LogP contribution in [0.2, 0.25) is 0 Å². The van der Waals surface area contributed by atoms with E-state index >= 15 is 0 Å². The van der Waals surface area contributed by atoms with Gasteiger partial charge in [0.2, 0.25) is 0 Å². The Hall–Kier alpha value is -3.67. The SMILES string of the molecule is O=C(COc1cccc2ccccc12)N/N=C/c1ccccc1C(=O)O. The van der Waals surface area contributed by atoms with Crippen LogP contribution in [0.3, 0.4) is 0 Å². The molecule has 130 valence electrons. The number of nitrogens with zero attached hydrogens (tertiary/aromatic N) is 1. The van der Waals surface area contributed by atoms with Crippen LogP contribution >= 0.6 is 0 Å². The third kappa shape index (κ3) is 4.05. The minimum Gasteiger partial charge on any atom is -0.483 e. The minimum atomic E-state index is -1.06. The molecule has 3 aromatic rings. The lowest BCUT2D eigenvalue weighted by molar-refractivity contribution is -0.123.